The van der Waals surface area contributed by atoms with Crippen LogP contribution in [0.25, 0.3) is 10.4 Å². The second-order valence-corrected chi connectivity index (χ2v) is 11.7. The van der Waals surface area contributed by atoms with Gasteiger partial charge in [0.2, 0.25) is 0 Å². The summed E-state index contributed by atoms with van der Waals surface area (Å²) in [7, 11) is -0.446. The van der Waals surface area contributed by atoms with Crippen LogP contribution in [0.2, 0.25) is 18.1 Å². The van der Waals surface area contributed by atoms with E-state index in [9.17, 15) is 4.79 Å². The van der Waals surface area contributed by atoms with Crippen molar-refractivity contribution < 1.29 is 14.0 Å². The van der Waals surface area contributed by atoms with Crippen molar-refractivity contribution in [2.75, 3.05) is 13.7 Å². The van der Waals surface area contributed by atoms with Gasteiger partial charge >= 0.3 is 5.97 Å². The molecule has 0 amide bonds. The van der Waals surface area contributed by atoms with Gasteiger partial charge in [-0.1, -0.05) is 25.9 Å². The second-order valence-electron chi connectivity index (χ2n) is 6.90. The third-order valence-corrected chi connectivity index (χ3v) is 9.11. The molecule has 7 heteroatoms. The summed E-state index contributed by atoms with van der Waals surface area (Å²) in [6.45, 7) is 11.6. The van der Waals surface area contributed by atoms with Crippen LogP contribution in [0.1, 0.15) is 33.6 Å². The molecule has 0 bridgehead atoms. The van der Waals surface area contributed by atoms with Crippen LogP contribution in [0.5, 0.6) is 0 Å². The average Bonchev–Trinajstić information content (AvgIpc) is 3.01. The monoisotopic (exact) mass is 299 g/mol. The van der Waals surface area contributed by atoms with Gasteiger partial charge in [0.15, 0.2) is 8.32 Å². The molecule has 1 rings (SSSR count). The van der Waals surface area contributed by atoms with E-state index in [4.69, 9.17) is 14.7 Å². The van der Waals surface area contributed by atoms with Gasteiger partial charge in [0.25, 0.3) is 0 Å². The van der Waals surface area contributed by atoms with Crippen molar-refractivity contribution in [2.24, 2.45) is 11.0 Å². The van der Waals surface area contributed by atoms with E-state index in [1.165, 1.54) is 7.11 Å². The van der Waals surface area contributed by atoms with Crippen molar-refractivity contribution in [3.8, 4) is 0 Å². The quantitative estimate of drug-likeness (QED) is 0.247. The number of rotatable bonds is 6. The second kappa shape index (κ2) is 5.75. The number of azide groups is 1. The summed E-state index contributed by atoms with van der Waals surface area (Å²) in [4.78, 5) is 14.5. The van der Waals surface area contributed by atoms with E-state index in [0.717, 1.165) is 6.42 Å². The number of methoxy groups -OCH3 is 1. The van der Waals surface area contributed by atoms with Gasteiger partial charge in [-0.15, -0.1) is 0 Å². The van der Waals surface area contributed by atoms with E-state index in [2.05, 4.69) is 43.9 Å². The van der Waals surface area contributed by atoms with Crippen molar-refractivity contribution >= 4 is 14.3 Å². The SMILES string of the molecule is COC(=O)[C@]1(N=[N+]=[N-])C[C@H]1CCO[Si](C)(C)C(C)(C)C. The van der Waals surface area contributed by atoms with Crippen molar-refractivity contribution in [3.05, 3.63) is 10.4 Å². The lowest BCUT2D eigenvalue weighted by molar-refractivity contribution is -0.143. The highest BCUT2D eigenvalue weighted by molar-refractivity contribution is 6.74. The number of hydrogen-bond acceptors (Lipinski definition) is 4. The lowest BCUT2D eigenvalue weighted by Gasteiger charge is -2.36. The fraction of sp³-hybridized carbons (Fsp3) is 0.923. The van der Waals surface area contributed by atoms with Gasteiger partial charge in [0, 0.05) is 11.5 Å². The van der Waals surface area contributed by atoms with Gasteiger partial charge in [-0.25, -0.2) is 0 Å². The molecule has 0 N–H and O–H groups in total. The molecule has 2 atom stereocenters. The van der Waals surface area contributed by atoms with E-state index >= 15 is 0 Å². The van der Waals surface area contributed by atoms with Gasteiger partial charge in [0.05, 0.1) is 7.11 Å². The van der Waals surface area contributed by atoms with Crippen LogP contribution in [0.4, 0.5) is 0 Å². The molecule has 0 spiro atoms. The first-order valence-electron chi connectivity index (χ1n) is 6.89. The molecule has 1 saturated carbocycles. The lowest BCUT2D eigenvalue weighted by Crippen LogP contribution is -2.41. The Bertz CT molecular complexity index is 427. The van der Waals surface area contributed by atoms with Crippen LogP contribution < -0.4 is 0 Å². The number of esters is 1. The van der Waals surface area contributed by atoms with Gasteiger partial charge in [0.1, 0.15) is 5.54 Å². The van der Waals surface area contributed by atoms with E-state index in [1.807, 2.05) is 0 Å². The fourth-order valence-electron chi connectivity index (χ4n) is 2.00. The first-order valence-corrected chi connectivity index (χ1v) is 9.80. The van der Waals surface area contributed by atoms with Crippen molar-refractivity contribution in [2.45, 2.75) is 57.3 Å². The Balaban J connectivity index is 2.53. The largest absolute Gasteiger partial charge is 0.468 e. The minimum absolute atomic E-state index is 0.0376. The number of carbonyl (C=O) groups is 1. The average molecular weight is 299 g/mol. The summed E-state index contributed by atoms with van der Waals surface area (Å²) in [6.07, 6.45) is 1.28. The Kier molecular flexibility index (Phi) is 4.89. The summed E-state index contributed by atoms with van der Waals surface area (Å²) in [5.41, 5.74) is 7.61. The Hall–Kier alpha value is -1.04. The predicted octanol–water partition coefficient (Wildman–Crippen LogP) is 3.64. The molecule has 1 aliphatic rings. The normalized spacial score (nSPS) is 25.8. The number of hydrogen-bond donors (Lipinski definition) is 0. The van der Waals surface area contributed by atoms with Crippen molar-refractivity contribution in [1.29, 1.82) is 0 Å². The summed E-state index contributed by atoms with van der Waals surface area (Å²) in [6, 6.07) is 0. The standard InChI is InChI=1S/C13H25N3O3Si/c1-12(2,3)20(5,6)19-8-7-10-9-13(10,15-16-14)11(17)18-4/h10H,7-9H2,1-6H3/t10-,13+/m1/s1. The van der Waals surface area contributed by atoms with Crippen molar-refractivity contribution in [3.63, 3.8) is 0 Å². The highest BCUT2D eigenvalue weighted by Crippen LogP contribution is 2.50. The van der Waals surface area contributed by atoms with Crippen LogP contribution in [0.3, 0.4) is 0 Å². The Morgan fingerprint density at radius 2 is 2.10 bits per heavy atom. The van der Waals surface area contributed by atoms with E-state index in [-0.39, 0.29) is 11.0 Å². The summed E-state index contributed by atoms with van der Waals surface area (Å²) in [5.74, 6) is -0.400. The minimum Gasteiger partial charge on any atom is -0.468 e. The number of nitrogens with zero attached hydrogens (tertiary/aromatic N) is 3. The number of ether oxygens (including phenoxy) is 1. The maximum Gasteiger partial charge on any atom is 0.318 e. The van der Waals surface area contributed by atoms with Crippen LogP contribution in [0.15, 0.2) is 5.11 Å². The van der Waals surface area contributed by atoms with Gasteiger partial charge in [-0.3, -0.25) is 4.79 Å². The Morgan fingerprint density at radius 1 is 1.50 bits per heavy atom. The third kappa shape index (κ3) is 3.34. The molecule has 0 saturated heterocycles. The smallest absolute Gasteiger partial charge is 0.318 e. The van der Waals surface area contributed by atoms with Crippen LogP contribution in [-0.4, -0.2) is 33.5 Å². The molecule has 0 radical (unpaired) electrons. The molecule has 0 aromatic heterocycles. The molecule has 1 fully saturated rings. The zero-order valence-electron chi connectivity index (χ0n) is 13.3. The van der Waals surface area contributed by atoms with Gasteiger partial charge in [-0.2, -0.15) is 0 Å². The first kappa shape index (κ1) is 17.0. The summed E-state index contributed by atoms with van der Waals surface area (Å²) >= 11 is 0. The number of carbonyl (C=O) groups excluding carboxylic acids is 1. The zero-order valence-corrected chi connectivity index (χ0v) is 14.3. The predicted molar refractivity (Wildman–Crippen MR) is 79.8 cm³/mol. The molecule has 0 unspecified atom stereocenters. The van der Waals surface area contributed by atoms with Gasteiger partial charge in [-0.05, 0) is 42.4 Å². The van der Waals surface area contributed by atoms with Crippen LogP contribution in [-0.2, 0) is 14.0 Å². The van der Waals surface area contributed by atoms with Gasteiger partial charge < -0.3 is 9.16 Å². The molecule has 114 valence electrons. The maximum atomic E-state index is 11.7. The Labute approximate surface area is 121 Å². The van der Waals surface area contributed by atoms with E-state index in [0.29, 0.717) is 13.0 Å². The topological polar surface area (TPSA) is 84.3 Å². The first-order chi connectivity index (χ1) is 9.10. The molecule has 6 nitrogen and oxygen atoms in total. The molecule has 0 heterocycles. The molecule has 1 aliphatic carbocycles. The molecule has 20 heavy (non-hydrogen) atoms. The highest BCUT2D eigenvalue weighted by atomic mass is 28.4. The third-order valence-electron chi connectivity index (χ3n) is 4.57. The van der Waals surface area contributed by atoms with Crippen LogP contribution in [0, 0.1) is 5.92 Å². The highest BCUT2D eigenvalue weighted by Gasteiger charge is 2.60. The summed E-state index contributed by atoms with van der Waals surface area (Å²) < 4.78 is 10.8. The molecular formula is C13H25N3O3Si. The maximum absolute atomic E-state index is 11.7. The van der Waals surface area contributed by atoms with Crippen molar-refractivity contribution in [1.82, 2.24) is 0 Å². The van der Waals surface area contributed by atoms with E-state index in [1.54, 1.807) is 0 Å². The van der Waals surface area contributed by atoms with Crippen LogP contribution >= 0.6 is 0 Å². The fourth-order valence-corrected chi connectivity index (χ4v) is 3.06. The summed E-state index contributed by atoms with van der Waals surface area (Å²) in [5, 5.41) is 3.81. The van der Waals surface area contributed by atoms with E-state index < -0.39 is 19.8 Å². The molecule has 0 aromatic carbocycles. The zero-order chi connectivity index (χ0) is 15.6. The lowest BCUT2D eigenvalue weighted by atomic mass is 10.2. The minimum atomic E-state index is -1.76. The molecule has 0 aliphatic heterocycles. The molecule has 0 aromatic rings. The Morgan fingerprint density at radius 3 is 2.55 bits per heavy atom. The molecular weight excluding hydrogens is 274 g/mol.